The zero-order valence-corrected chi connectivity index (χ0v) is 9.49. The number of aryl methyl sites for hydroxylation is 1. The molecular weight excluding hydrogens is 257 g/mol. The van der Waals surface area contributed by atoms with Crippen LogP contribution in [0, 0.1) is 0 Å². The third-order valence-electron chi connectivity index (χ3n) is 2.48. The van der Waals surface area contributed by atoms with E-state index in [0.717, 1.165) is 12.1 Å². The van der Waals surface area contributed by atoms with E-state index in [9.17, 15) is 18.0 Å². The van der Waals surface area contributed by atoms with Gasteiger partial charge in [-0.15, -0.1) is 0 Å². The van der Waals surface area contributed by atoms with Crippen molar-refractivity contribution in [3.8, 4) is 0 Å². The number of H-pyrrole nitrogens is 1. The molecule has 2 rings (SSSR count). The summed E-state index contributed by atoms with van der Waals surface area (Å²) in [4.78, 5) is 13.8. The van der Waals surface area contributed by atoms with E-state index >= 15 is 0 Å². The van der Waals surface area contributed by atoms with Crippen LogP contribution in [0.15, 0.2) is 16.9 Å². The van der Waals surface area contributed by atoms with Crippen LogP contribution >= 0.6 is 11.6 Å². The molecule has 0 saturated heterocycles. The van der Waals surface area contributed by atoms with E-state index in [0.29, 0.717) is 12.1 Å². The molecule has 0 aliphatic rings. The Hall–Kier alpha value is -1.43. The Bertz CT molecular complexity index is 627. The first-order valence-corrected chi connectivity index (χ1v) is 5.21. The number of hydrogen-bond donors (Lipinski definition) is 1. The zero-order chi connectivity index (χ0) is 12.8. The molecule has 0 aliphatic carbocycles. The Labute approximate surface area is 98.8 Å². The van der Waals surface area contributed by atoms with Gasteiger partial charge in [0.2, 0.25) is 0 Å². The lowest BCUT2D eigenvalue weighted by Gasteiger charge is -2.09. The predicted octanol–water partition coefficient (Wildman–Crippen LogP) is 3.02. The third-order valence-corrected chi connectivity index (χ3v) is 2.80. The highest BCUT2D eigenvalue weighted by Gasteiger charge is 2.33. The topological polar surface area (TPSA) is 37.8 Å². The summed E-state index contributed by atoms with van der Waals surface area (Å²) in [5.74, 6) is 0. The molecule has 17 heavy (non-hydrogen) atoms. The summed E-state index contributed by atoms with van der Waals surface area (Å²) in [5.41, 5.74) is -0.891. The quantitative estimate of drug-likeness (QED) is 0.845. The molecule has 1 N–H and O–H groups in total. The summed E-state index contributed by atoms with van der Waals surface area (Å²) in [6.45, 7) is 2.08. The molecule has 7 heteroatoms. The molecule has 0 unspecified atom stereocenters. The van der Waals surface area contributed by atoms with E-state index in [1.165, 1.54) is 4.57 Å². The molecule has 3 nitrogen and oxygen atoms in total. The minimum Gasteiger partial charge on any atom is -0.306 e. The van der Waals surface area contributed by atoms with E-state index in [1.54, 1.807) is 6.92 Å². The van der Waals surface area contributed by atoms with Crippen LogP contribution in [0.3, 0.4) is 0 Å². The van der Waals surface area contributed by atoms with Gasteiger partial charge >= 0.3 is 11.9 Å². The van der Waals surface area contributed by atoms with E-state index in [1.807, 2.05) is 0 Å². The Kier molecular flexibility index (Phi) is 2.69. The second-order valence-electron chi connectivity index (χ2n) is 3.52. The maximum Gasteiger partial charge on any atom is 0.417 e. The summed E-state index contributed by atoms with van der Waals surface area (Å²) in [5, 5.41) is -0.411. The molecule has 0 amide bonds. The molecule has 0 atom stereocenters. The van der Waals surface area contributed by atoms with Gasteiger partial charge in [-0.1, -0.05) is 11.6 Å². The molecule has 1 aromatic carbocycles. The Balaban J connectivity index is 2.80. The van der Waals surface area contributed by atoms with E-state index in [-0.39, 0.29) is 5.52 Å². The molecule has 0 aliphatic heterocycles. The van der Waals surface area contributed by atoms with Crippen molar-refractivity contribution in [2.75, 3.05) is 0 Å². The van der Waals surface area contributed by atoms with Crippen molar-refractivity contribution in [3.05, 3.63) is 33.2 Å². The number of aromatic amines is 1. The molecule has 92 valence electrons. The van der Waals surface area contributed by atoms with Crippen LogP contribution in [0.5, 0.6) is 0 Å². The van der Waals surface area contributed by atoms with Gasteiger partial charge in [-0.05, 0) is 19.1 Å². The van der Waals surface area contributed by atoms with E-state index in [2.05, 4.69) is 4.98 Å². The van der Waals surface area contributed by atoms with Crippen LogP contribution < -0.4 is 5.69 Å². The van der Waals surface area contributed by atoms with Crippen LogP contribution in [0.4, 0.5) is 13.2 Å². The molecule has 2 aromatic rings. The number of imidazole rings is 1. The zero-order valence-electron chi connectivity index (χ0n) is 8.73. The number of benzene rings is 1. The van der Waals surface area contributed by atoms with Crippen molar-refractivity contribution < 1.29 is 13.2 Å². The van der Waals surface area contributed by atoms with Crippen LogP contribution in [-0.2, 0) is 12.7 Å². The van der Waals surface area contributed by atoms with Crippen molar-refractivity contribution in [2.45, 2.75) is 19.6 Å². The lowest BCUT2D eigenvalue weighted by Crippen LogP contribution is -2.14. The fourth-order valence-electron chi connectivity index (χ4n) is 1.71. The number of nitrogens with zero attached hydrogens (tertiary/aromatic N) is 1. The lowest BCUT2D eigenvalue weighted by molar-refractivity contribution is -0.137. The maximum atomic E-state index is 12.6. The summed E-state index contributed by atoms with van der Waals surface area (Å²) < 4.78 is 39.1. The Morgan fingerprint density at radius 1 is 1.41 bits per heavy atom. The van der Waals surface area contributed by atoms with Gasteiger partial charge in [0, 0.05) is 6.54 Å². The van der Waals surface area contributed by atoms with Crippen LogP contribution in [-0.4, -0.2) is 9.55 Å². The van der Waals surface area contributed by atoms with E-state index in [4.69, 9.17) is 11.6 Å². The monoisotopic (exact) mass is 264 g/mol. The number of nitrogens with one attached hydrogen (secondary N) is 1. The largest absolute Gasteiger partial charge is 0.417 e. The Morgan fingerprint density at radius 2 is 2.06 bits per heavy atom. The second-order valence-corrected chi connectivity index (χ2v) is 3.93. The van der Waals surface area contributed by atoms with Gasteiger partial charge in [-0.2, -0.15) is 13.2 Å². The minimum absolute atomic E-state index is 0.133. The molecule has 0 saturated carbocycles. The lowest BCUT2D eigenvalue weighted by atomic mass is 10.2. The smallest absolute Gasteiger partial charge is 0.306 e. The van der Waals surface area contributed by atoms with Crippen LogP contribution in [0.25, 0.3) is 11.0 Å². The van der Waals surface area contributed by atoms with Crippen LogP contribution in [0.2, 0.25) is 5.02 Å². The van der Waals surface area contributed by atoms with Crippen molar-refractivity contribution in [2.24, 2.45) is 0 Å². The number of halogens is 4. The highest BCUT2D eigenvalue weighted by Crippen LogP contribution is 2.36. The second kappa shape index (κ2) is 3.80. The standard InChI is InChI=1S/C10H8ClF3N2O/c1-2-16-8-4-6(11)5(10(12,13)14)3-7(8)15-9(16)17/h3-4H,2H2,1H3,(H,15,17). The van der Waals surface area contributed by atoms with Gasteiger partial charge in [-0.25, -0.2) is 4.79 Å². The highest BCUT2D eigenvalue weighted by molar-refractivity contribution is 6.32. The average molecular weight is 265 g/mol. The first-order chi connectivity index (χ1) is 7.84. The number of fused-ring (bicyclic) bond motifs is 1. The normalized spacial score (nSPS) is 12.3. The predicted molar refractivity (Wildman–Crippen MR) is 58.2 cm³/mol. The molecule has 0 fully saturated rings. The van der Waals surface area contributed by atoms with Gasteiger partial charge in [0.1, 0.15) is 0 Å². The summed E-state index contributed by atoms with van der Waals surface area (Å²) in [7, 11) is 0. The third kappa shape index (κ3) is 1.93. The molecule has 0 spiro atoms. The molecule has 1 heterocycles. The molecule has 1 aromatic heterocycles. The highest BCUT2D eigenvalue weighted by atomic mass is 35.5. The van der Waals surface area contributed by atoms with Gasteiger partial charge in [0.05, 0.1) is 21.6 Å². The summed E-state index contributed by atoms with van der Waals surface area (Å²) in [6, 6.07) is 2.01. The van der Waals surface area contributed by atoms with Gasteiger partial charge in [-0.3, -0.25) is 4.57 Å². The molecule has 0 bridgehead atoms. The molecule has 0 radical (unpaired) electrons. The van der Waals surface area contributed by atoms with Crippen molar-refractivity contribution in [3.63, 3.8) is 0 Å². The minimum atomic E-state index is -4.53. The van der Waals surface area contributed by atoms with Crippen molar-refractivity contribution in [1.82, 2.24) is 9.55 Å². The van der Waals surface area contributed by atoms with Crippen molar-refractivity contribution in [1.29, 1.82) is 0 Å². The first-order valence-electron chi connectivity index (χ1n) is 4.84. The average Bonchev–Trinajstić information content (AvgIpc) is 2.50. The van der Waals surface area contributed by atoms with Gasteiger partial charge in [0.25, 0.3) is 0 Å². The number of rotatable bonds is 1. The number of aromatic nitrogens is 2. The summed E-state index contributed by atoms with van der Waals surface area (Å²) >= 11 is 5.58. The van der Waals surface area contributed by atoms with Crippen LogP contribution in [0.1, 0.15) is 12.5 Å². The number of alkyl halides is 3. The fraction of sp³-hybridized carbons (Fsp3) is 0.300. The van der Waals surface area contributed by atoms with Gasteiger partial charge in [0.15, 0.2) is 0 Å². The fourth-order valence-corrected chi connectivity index (χ4v) is 1.97. The SMILES string of the molecule is CCn1c(=O)[nH]c2cc(C(F)(F)F)c(Cl)cc21. The first kappa shape index (κ1) is 12.0. The maximum absolute atomic E-state index is 12.6. The van der Waals surface area contributed by atoms with Crippen molar-refractivity contribution >= 4 is 22.6 Å². The van der Waals surface area contributed by atoms with Gasteiger partial charge < -0.3 is 4.98 Å². The Morgan fingerprint density at radius 3 is 2.59 bits per heavy atom. The number of hydrogen-bond acceptors (Lipinski definition) is 1. The van der Waals surface area contributed by atoms with E-state index < -0.39 is 22.5 Å². The summed E-state index contributed by atoms with van der Waals surface area (Å²) in [6.07, 6.45) is -4.53. The molecular formula is C10H8ClF3N2O.